The molecule has 0 aromatic carbocycles. The second-order valence-corrected chi connectivity index (χ2v) is 4.39. The minimum absolute atomic E-state index is 0.616. The van der Waals surface area contributed by atoms with Gasteiger partial charge in [0.15, 0.2) is 0 Å². The molecular weight excluding hydrogens is 188 g/mol. The molecule has 2 heterocycles. The first-order valence-corrected chi connectivity index (χ1v) is 5.21. The van der Waals surface area contributed by atoms with E-state index in [4.69, 9.17) is 0 Å². The highest BCUT2D eigenvalue weighted by Gasteiger charge is 2.27. The topological polar surface area (TPSA) is 44.8 Å². The molecule has 0 unspecified atom stereocenters. The summed E-state index contributed by atoms with van der Waals surface area (Å²) in [6, 6.07) is 0.616. The number of rotatable bonds is 1. The highest BCUT2D eigenvalue weighted by molar-refractivity contribution is 5.80. The molecule has 1 aliphatic rings. The van der Waals surface area contributed by atoms with Crippen LogP contribution in [0.4, 0.5) is 0 Å². The predicted octanol–water partition coefficient (Wildman–Crippen LogP) is 0.987. The molecule has 1 aliphatic carbocycles. The molecule has 15 heavy (non-hydrogen) atoms. The summed E-state index contributed by atoms with van der Waals surface area (Å²) >= 11 is 0. The van der Waals surface area contributed by atoms with Gasteiger partial charge in [-0.2, -0.15) is 0 Å². The molecule has 0 fully saturated rings. The lowest BCUT2D eigenvalue weighted by Crippen LogP contribution is -2.28. The van der Waals surface area contributed by atoms with Crippen molar-refractivity contribution >= 4 is 11.0 Å². The van der Waals surface area contributed by atoms with Crippen molar-refractivity contribution in [1.82, 2.24) is 19.9 Å². The summed E-state index contributed by atoms with van der Waals surface area (Å²) < 4.78 is 0. The van der Waals surface area contributed by atoms with Gasteiger partial charge in [-0.3, -0.25) is 0 Å². The van der Waals surface area contributed by atoms with E-state index in [1.807, 2.05) is 6.20 Å². The highest BCUT2D eigenvalue weighted by atomic mass is 15.1. The molecule has 1 atom stereocenters. The fourth-order valence-corrected chi connectivity index (χ4v) is 2.35. The zero-order valence-electron chi connectivity index (χ0n) is 8.99. The smallest absolute Gasteiger partial charge is 0.116 e. The van der Waals surface area contributed by atoms with E-state index in [-0.39, 0.29) is 0 Å². The molecule has 4 heteroatoms. The highest BCUT2D eigenvalue weighted by Crippen LogP contribution is 2.29. The van der Waals surface area contributed by atoms with Crippen LogP contribution in [0.5, 0.6) is 0 Å². The summed E-state index contributed by atoms with van der Waals surface area (Å²) in [4.78, 5) is 14.1. The van der Waals surface area contributed by atoms with Gasteiger partial charge in [0.1, 0.15) is 6.33 Å². The van der Waals surface area contributed by atoms with Gasteiger partial charge < -0.3 is 9.88 Å². The van der Waals surface area contributed by atoms with Crippen molar-refractivity contribution < 1.29 is 0 Å². The number of H-pyrrole nitrogens is 1. The fraction of sp³-hybridized carbons (Fsp3) is 0.455. The van der Waals surface area contributed by atoms with Crippen LogP contribution in [0.15, 0.2) is 12.5 Å². The lowest BCUT2D eigenvalue weighted by molar-refractivity contribution is 0.303. The van der Waals surface area contributed by atoms with Gasteiger partial charge >= 0.3 is 0 Å². The number of nitrogens with one attached hydrogen (secondary N) is 1. The third kappa shape index (κ3) is 1.25. The van der Waals surface area contributed by atoms with Crippen LogP contribution in [-0.4, -0.2) is 40.0 Å². The lowest BCUT2D eigenvalue weighted by Gasteiger charge is -2.18. The Balaban J connectivity index is 2.08. The third-order valence-corrected chi connectivity index (χ3v) is 3.26. The molecule has 0 saturated carbocycles. The number of fused-ring (bicyclic) bond motifs is 3. The summed E-state index contributed by atoms with van der Waals surface area (Å²) in [6.45, 7) is 0. The van der Waals surface area contributed by atoms with Crippen LogP contribution < -0.4 is 0 Å². The van der Waals surface area contributed by atoms with E-state index in [1.54, 1.807) is 6.33 Å². The van der Waals surface area contributed by atoms with Gasteiger partial charge in [0.25, 0.3) is 0 Å². The Morgan fingerprint density at radius 1 is 1.40 bits per heavy atom. The molecule has 78 valence electrons. The second kappa shape index (κ2) is 3.03. The number of aromatic nitrogens is 3. The molecular formula is C11H14N4. The first-order chi connectivity index (χ1) is 7.25. The maximum atomic E-state index is 4.35. The molecule has 0 radical (unpaired) electrons. The molecule has 0 aliphatic heterocycles. The van der Waals surface area contributed by atoms with Crippen molar-refractivity contribution in [1.29, 1.82) is 0 Å². The predicted molar refractivity (Wildman–Crippen MR) is 58.8 cm³/mol. The molecule has 4 nitrogen and oxygen atoms in total. The summed E-state index contributed by atoms with van der Waals surface area (Å²) in [6.07, 6.45) is 5.67. The van der Waals surface area contributed by atoms with Crippen LogP contribution in [0, 0.1) is 0 Å². The minimum atomic E-state index is 0.616. The number of nitrogens with zero attached hydrogens (tertiary/aromatic N) is 3. The van der Waals surface area contributed by atoms with Crippen molar-refractivity contribution in [2.24, 2.45) is 0 Å². The van der Waals surface area contributed by atoms with E-state index in [0.29, 0.717) is 6.04 Å². The summed E-state index contributed by atoms with van der Waals surface area (Å²) in [5.74, 6) is 0. The SMILES string of the molecule is CN(C)[C@H]1Cc2[nH]c3cncnc3c2C1. The lowest BCUT2D eigenvalue weighted by atomic mass is 10.2. The van der Waals surface area contributed by atoms with Gasteiger partial charge in [-0.25, -0.2) is 9.97 Å². The third-order valence-electron chi connectivity index (χ3n) is 3.26. The van der Waals surface area contributed by atoms with Gasteiger partial charge in [-0.05, 0) is 20.5 Å². The van der Waals surface area contributed by atoms with Crippen molar-refractivity contribution in [3.8, 4) is 0 Å². The Kier molecular flexibility index (Phi) is 1.79. The van der Waals surface area contributed by atoms with Crippen molar-refractivity contribution in [2.45, 2.75) is 18.9 Å². The summed E-state index contributed by atoms with van der Waals surface area (Å²) in [7, 11) is 4.27. The van der Waals surface area contributed by atoms with Gasteiger partial charge in [0, 0.05) is 23.7 Å². The second-order valence-electron chi connectivity index (χ2n) is 4.39. The largest absolute Gasteiger partial charge is 0.356 e. The maximum absolute atomic E-state index is 4.35. The van der Waals surface area contributed by atoms with E-state index in [0.717, 1.165) is 23.9 Å². The van der Waals surface area contributed by atoms with Crippen LogP contribution in [0.25, 0.3) is 11.0 Å². The molecule has 0 amide bonds. The van der Waals surface area contributed by atoms with Gasteiger partial charge in [0.2, 0.25) is 0 Å². The van der Waals surface area contributed by atoms with E-state index in [1.165, 1.54) is 11.3 Å². The summed E-state index contributed by atoms with van der Waals surface area (Å²) in [5.41, 5.74) is 4.89. The normalized spacial score (nSPS) is 20.1. The molecule has 0 spiro atoms. The molecule has 3 rings (SSSR count). The van der Waals surface area contributed by atoms with Crippen molar-refractivity contribution in [3.05, 3.63) is 23.8 Å². The summed E-state index contributed by atoms with van der Waals surface area (Å²) in [5, 5.41) is 0. The average Bonchev–Trinajstić information content (AvgIpc) is 2.73. The Hall–Kier alpha value is -1.42. The molecule has 0 bridgehead atoms. The van der Waals surface area contributed by atoms with Crippen LogP contribution in [0.2, 0.25) is 0 Å². The van der Waals surface area contributed by atoms with Crippen molar-refractivity contribution in [3.63, 3.8) is 0 Å². The molecule has 2 aromatic heterocycles. The average molecular weight is 202 g/mol. The van der Waals surface area contributed by atoms with Crippen LogP contribution in [0.1, 0.15) is 11.3 Å². The number of hydrogen-bond donors (Lipinski definition) is 1. The van der Waals surface area contributed by atoms with Crippen molar-refractivity contribution in [2.75, 3.05) is 14.1 Å². The van der Waals surface area contributed by atoms with E-state index in [2.05, 4.69) is 33.9 Å². The fourth-order valence-electron chi connectivity index (χ4n) is 2.35. The van der Waals surface area contributed by atoms with Crippen LogP contribution >= 0.6 is 0 Å². The van der Waals surface area contributed by atoms with Gasteiger partial charge in [-0.1, -0.05) is 0 Å². The first kappa shape index (κ1) is 8.85. The Morgan fingerprint density at radius 3 is 3.07 bits per heavy atom. The number of aromatic amines is 1. The van der Waals surface area contributed by atoms with Crippen LogP contribution in [-0.2, 0) is 12.8 Å². The zero-order chi connectivity index (χ0) is 10.4. The molecule has 0 saturated heterocycles. The maximum Gasteiger partial charge on any atom is 0.116 e. The van der Waals surface area contributed by atoms with Gasteiger partial charge in [0.05, 0.1) is 17.2 Å². The monoisotopic (exact) mass is 202 g/mol. The Morgan fingerprint density at radius 2 is 2.27 bits per heavy atom. The zero-order valence-corrected chi connectivity index (χ0v) is 8.99. The van der Waals surface area contributed by atoms with Gasteiger partial charge in [-0.15, -0.1) is 0 Å². The molecule has 2 aromatic rings. The number of likely N-dealkylation sites (N-methyl/N-ethyl adjacent to an activating group) is 1. The van der Waals surface area contributed by atoms with E-state index < -0.39 is 0 Å². The minimum Gasteiger partial charge on any atom is -0.356 e. The van der Waals surface area contributed by atoms with E-state index >= 15 is 0 Å². The quantitative estimate of drug-likeness (QED) is 0.750. The standard InChI is InChI=1S/C11H14N4/c1-15(2)7-3-8-9(4-7)14-10-5-12-6-13-11(8)10/h5-7,14H,3-4H2,1-2H3/t7-/m1/s1. The van der Waals surface area contributed by atoms with Crippen LogP contribution in [0.3, 0.4) is 0 Å². The number of hydrogen-bond acceptors (Lipinski definition) is 3. The van der Waals surface area contributed by atoms with E-state index in [9.17, 15) is 0 Å². The Bertz CT molecular complexity index is 500. The first-order valence-electron chi connectivity index (χ1n) is 5.21. The Labute approximate surface area is 88.3 Å². The molecule has 1 N–H and O–H groups in total.